The number of nitrogens with one attached hydrogen (secondary N) is 1. The highest BCUT2D eigenvalue weighted by Gasteiger charge is 2.07. The topological polar surface area (TPSA) is 56.3 Å². The summed E-state index contributed by atoms with van der Waals surface area (Å²) in [4.78, 5) is 8.72. The lowest BCUT2D eigenvalue weighted by Crippen LogP contribution is -2.08. The SMILES string of the molecule is CCCCNc1nc(C)ncc1OCCCc1cc(CC)cc(OC)c1. The van der Waals surface area contributed by atoms with Crippen molar-refractivity contribution in [3.8, 4) is 11.5 Å². The zero-order valence-corrected chi connectivity index (χ0v) is 16.5. The first-order valence-electron chi connectivity index (χ1n) is 9.53. The normalized spacial score (nSPS) is 10.6. The Bertz CT molecular complexity index is 667. The van der Waals surface area contributed by atoms with Crippen molar-refractivity contribution in [1.82, 2.24) is 9.97 Å². The zero-order valence-electron chi connectivity index (χ0n) is 16.5. The fourth-order valence-corrected chi connectivity index (χ4v) is 2.73. The van der Waals surface area contributed by atoms with E-state index in [1.807, 2.05) is 6.92 Å². The molecule has 0 aliphatic carbocycles. The predicted octanol–water partition coefficient (Wildman–Crippen LogP) is 4.58. The van der Waals surface area contributed by atoms with Crippen molar-refractivity contribution < 1.29 is 9.47 Å². The highest BCUT2D eigenvalue weighted by molar-refractivity contribution is 5.48. The average Bonchev–Trinajstić information content (AvgIpc) is 2.66. The van der Waals surface area contributed by atoms with E-state index in [0.717, 1.165) is 61.8 Å². The average molecular weight is 357 g/mol. The summed E-state index contributed by atoms with van der Waals surface area (Å²) in [5.41, 5.74) is 2.58. The molecule has 26 heavy (non-hydrogen) atoms. The Hall–Kier alpha value is -2.30. The standard InChI is InChI=1S/C21H31N3O2/c1-5-7-10-22-21-20(15-23-16(3)24-21)26-11-8-9-18-12-17(6-2)13-19(14-18)25-4/h12-15H,5-11H2,1-4H3,(H,22,23,24). The first kappa shape index (κ1) is 20.0. The predicted molar refractivity (Wildman–Crippen MR) is 106 cm³/mol. The molecule has 1 heterocycles. The smallest absolute Gasteiger partial charge is 0.179 e. The molecule has 2 aromatic rings. The number of ether oxygens (including phenoxy) is 2. The van der Waals surface area contributed by atoms with Crippen LogP contribution in [0.1, 0.15) is 50.1 Å². The molecule has 5 nitrogen and oxygen atoms in total. The van der Waals surface area contributed by atoms with E-state index in [-0.39, 0.29) is 0 Å². The lowest BCUT2D eigenvalue weighted by Gasteiger charge is -2.13. The number of hydrogen-bond acceptors (Lipinski definition) is 5. The summed E-state index contributed by atoms with van der Waals surface area (Å²) in [6.45, 7) is 7.75. The molecule has 142 valence electrons. The Morgan fingerprint density at radius 3 is 2.62 bits per heavy atom. The van der Waals surface area contributed by atoms with E-state index in [0.29, 0.717) is 6.61 Å². The molecule has 0 saturated heterocycles. The number of rotatable bonds is 11. The number of benzene rings is 1. The van der Waals surface area contributed by atoms with Crippen LogP contribution in [-0.4, -0.2) is 30.2 Å². The van der Waals surface area contributed by atoms with Gasteiger partial charge in [0.2, 0.25) is 0 Å². The summed E-state index contributed by atoms with van der Waals surface area (Å²) in [7, 11) is 1.71. The highest BCUT2D eigenvalue weighted by Crippen LogP contribution is 2.22. The molecule has 0 spiro atoms. The molecule has 0 saturated carbocycles. The number of methoxy groups -OCH3 is 1. The van der Waals surface area contributed by atoms with E-state index in [9.17, 15) is 0 Å². The Balaban J connectivity index is 1.89. The summed E-state index contributed by atoms with van der Waals surface area (Å²) in [6.07, 6.45) is 6.91. The van der Waals surface area contributed by atoms with Crippen molar-refractivity contribution in [1.29, 1.82) is 0 Å². The number of hydrogen-bond donors (Lipinski definition) is 1. The Kier molecular flexibility index (Phi) is 8.19. The van der Waals surface area contributed by atoms with Crippen molar-refractivity contribution in [3.05, 3.63) is 41.3 Å². The molecule has 0 fully saturated rings. The largest absolute Gasteiger partial charge is 0.497 e. The number of aryl methyl sites for hydroxylation is 3. The van der Waals surface area contributed by atoms with Gasteiger partial charge in [0.05, 0.1) is 19.9 Å². The van der Waals surface area contributed by atoms with Gasteiger partial charge >= 0.3 is 0 Å². The van der Waals surface area contributed by atoms with Crippen LogP contribution in [0, 0.1) is 6.92 Å². The molecule has 1 N–H and O–H groups in total. The third-order valence-electron chi connectivity index (χ3n) is 4.24. The van der Waals surface area contributed by atoms with Crippen molar-refractivity contribution in [2.24, 2.45) is 0 Å². The molecule has 0 aliphatic heterocycles. The van der Waals surface area contributed by atoms with Crippen LogP contribution in [0.5, 0.6) is 11.5 Å². The Morgan fingerprint density at radius 2 is 1.88 bits per heavy atom. The summed E-state index contributed by atoms with van der Waals surface area (Å²) in [5.74, 6) is 3.20. The maximum absolute atomic E-state index is 5.94. The lowest BCUT2D eigenvalue weighted by atomic mass is 10.0. The molecular weight excluding hydrogens is 326 g/mol. The third kappa shape index (κ3) is 6.21. The molecule has 0 bridgehead atoms. The highest BCUT2D eigenvalue weighted by atomic mass is 16.5. The van der Waals surface area contributed by atoms with E-state index >= 15 is 0 Å². The second kappa shape index (κ2) is 10.6. The van der Waals surface area contributed by atoms with Gasteiger partial charge in [-0.25, -0.2) is 9.97 Å². The van der Waals surface area contributed by atoms with Crippen LogP contribution in [0.4, 0.5) is 5.82 Å². The van der Waals surface area contributed by atoms with E-state index in [4.69, 9.17) is 9.47 Å². The summed E-state index contributed by atoms with van der Waals surface area (Å²) < 4.78 is 11.3. The minimum Gasteiger partial charge on any atom is -0.497 e. The van der Waals surface area contributed by atoms with E-state index in [2.05, 4.69) is 47.3 Å². The van der Waals surface area contributed by atoms with Crippen LogP contribution in [0.2, 0.25) is 0 Å². The zero-order chi connectivity index (χ0) is 18.8. The first-order chi connectivity index (χ1) is 12.7. The fourth-order valence-electron chi connectivity index (χ4n) is 2.73. The molecule has 1 aromatic heterocycles. The third-order valence-corrected chi connectivity index (χ3v) is 4.24. The van der Waals surface area contributed by atoms with E-state index < -0.39 is 0 Å². The number of unbranched alkanes of at least 4 members (excludes halogenated alkanes) is 1. The van der Waals surface area contributed by atoms with Gasteiger partial charge in [-0.15, -0.1) is 0 Å². The Morgan fingerprint density at radius 1 is 1.08 bits per heavy atom. The van der Waals surface area contributed by atoms with Crippen LogP contribution >= 0.6 is 0 Å². The van der Waals surface area contributed by atoms with Gasteiger partial charge in [-0.05, 0) is 55.9 Å². The molecule has 1 aromatic carbocycles. The van der Waals surface area contributed by atoms with Gasteiger partial charge in [0.1, 0.15) is 11.6 Å². The monoisotopic (exact) mass is 357 g/mol. The summed E-state index contributed by atoms with van der Waals surface area (Å²) in [6, 6.07) is 6.44. The van der Waals surface area contributed by atoms with Gasteiger partial charge in [0, 0.05) is 6.54 Å². The minimum atomic E-state index is 0.632. The van der Waals surface area contributed by atoms with E-state index in [1.54, 1.807) is 13.3 Å². The maximum Gasteiger partial charge on any atom is 0.179 e. The van der Waals surface area contributed by atoms with Gasteiger partial charge in [-0.3, -0.25) is 0 Å². The van der Waals surface area contributed by atoms with Gasteiger partial charge in [0.15, 0.2) is 11.6 Å². The maximum atomic E-state index is 5.94. The van der Waals surface area contributed by atoms with Gasteiger partial charge in [0.25, 0.3) is 0 Å². The summed E-state index contributed by atoms with van der Waals surface area (Å²) >= 11 is 0. The second-order valence-electron chi connectivity index (χ2n) is 6.41. The Labute approximate surface area is 157 Å². The summed E-state index contributed by atoms with van der Waals surface area (Å²) in [5, 5.41) is 3.35. The van der Waals surface area contributed by atoms with Crippen molar-refractivity contribution in [2.75, 3.05) is 25.6 Å². The van der Waals surface area contributed by atoms with Gasteiger partial charge < -0.3 is 14.8 Å². The van der Waals surface area contributed by atoms with Gasteiger partial charge in [-0.1, -0.05) is 26.3 Å². The van der Waals surface area contributed by atoms with Crippen molar-refractivity contribution >= 4 is 5.82 Å². The molecule has 0 radical (unpaired) electrons. The molecular formula is C21H31N3O2. The lowest BCUT2D eigenvalue weighted by molar-refractivity contribution is 0.309. The minimum absolute atomic E-state index is 0.632. The molecule has 2 rings (SSSR count). The number of nitrogens with zero attached hydrogens (tertiary/aromatic N) is 2. The fraction of sp³-hybridized carbons (Fsp3) is 0.524. The molecule has 0 aliphatic rings. The molecule has 0 atom stereocenters. The molecule has 0 amide bonds. The van der Waals surface area contributed by atoms with Crippen molar-refractivity contribution in [2.45, 2.75) is 52.9 Å². The van der Waals surface area contributed by atoms with E-state index in [1.165, 1.54) is 11.1 Å². The number of aromatic nitrogens is 2. The van der Waals surface area contributed by atoms with Crippen LogP contribution in [0.15, 0.2) is 24.4 Å². The van der Waals surface area contributed by atoms with Crippen LogP contribution in [-0.2, 0) is 12.8 Å². The second-order valence-corrected chi connectivity index (χ2v) is 6.41. The molecule has 5 heteroatoms. The quantitative estimate of drug-likeness (QED) is 0.597. The molecule has 0 unspecified atom stereocenters. The first-order valence-corrected chi connectivity index (χ1v) is 9.53. The van der Waals surface area contributed by atoms with Crippen LogP contribution in [0.3, 0.4) is 0 Å². The van der Waals surface area contributed by atoms with Crippen molar-refractivity contribution in [3.63, 3.8) is 0 Å². The van der Waals surface area contributed by atoms with Crippen LogP contribution < -0.4 is 14.8 Å². The van der Waals surface area contributed by atoms with Crippen LogP contribution in [0.25, 0.3) is 0 Å². The van der Waals surface area contributed by atoms with Gasteiger partial charge in [-0.2, -0.15) is 0 Å². The number of anilines is 1.